The number of esters is 1. The quantitative estimate of drug-likeness (QED) is 0.802. The molecule has 0 atom stereocenters. The molecule has 0 aliphatic heterocycles. The first-order chi connectivity index (χ1) is 11.0. The third-order valence-electron chi connectivity index (χ3n) is 4.26. The van der Waals surface area contributed by atoms with Gasteiger partial charge >= 0.3 is 10.8 Å². The Morgan fingerprint density at radius 3 is 2.65 bits per heavy atom. The average Bonchev–Trinajstić information content (AvgIpc) is 2.84. The smallest absolute Gasteiger partial charge is 0.308 e. The Kier molecular flexibility index (Phi) is 6.38. The highest BCUT2D eigenvalue weighted by atomic mass is 32.1. The molecule has 0 bridgehead atoms. The maximum absolute atomic E-state index is 11.8. The van der Waals surface area contributed by atoms with E-state index in [0.717, 1.165) is 48.6 Å². The normalized spacial score (nSPS) is 21.0. The van der Waals surface area contributed by atoms with E-state index in [0.29, 0.717) is 0 Å². The molecule has 0 spiro atoms. The van der Waals surface area contributed by atoms with Crippen LogP contribution in [-0.4, -0.2) is 29.1 Å². The van der Waals surface area contributed by atoms with Crippen LogP contribution < -0.4 is 10.2 Å². The Bertz CT molecular complexity index is 599. The van der Waals surface area contributed by atoms with Gasteiger partial charge in [0.1, 0.15) is 0 Å². The van der Waals surface area contributed by atoms with Crippen molar-refractivity contribution in [2.45, 2.75) is 58.5 Å². The van der Waals surface area contributed by atoms with Gasteiger partial charge in [-0.05, 0) is 38.5 Å². The van der Waals surface area contributed by atoms with E-state index in [9.17, 15) is 14.4 Å². The molecule has 128 valence electrons. The largest absolute Gasteiger partial charge is 0.456 e. The Morgan fingerprint density at radius 2 is 2.04 bits per heavy atom. The predicted octanol–water partition coefficient (Wildman–Crippen LogP) is 1.85. The van der Waals surface area contributed by atoms with E-state index in [1.165, 1.54) is 4.57 Å². The lowest BCUT2D eigenvalue weighted by molar-refractivity contribution is -0.149. The number of thiazole rings is 1. The van der Waals surface area contributed by atoms with E-state index in [1.807, 2.05) is 6.92 Å². The Morgan fingerprint density at radius 1 is 1.35 bits per heavy atom. The highest BCUT2D eigenvalue weighted by Crippen LogP contribution is 2.23. The van der Waals surface area contributed by atoms with Crippen molar-refractivity contribution < 1.29 is 14.3 Å². The van der Waals surface area contributed by atoms with Crippen LogP contribution in [-0.2, 0) is 20.9 Å². The molecule has 0 radical (unpaired) electrons. The molecular formula is C16H24N2O4S. The minimum atomic E-state index is -0.463. The van der Waals surface area contributed by atoms with Crippen molar-refractivity contribution in [1.82, 2.24) is 9.88 Å². The number of nitrogens with one attached hydrogen (secondary N) is 1. The van der Waals surface area contributed by atoms with Gasteiger partial charge in [-0.15, -0.1) is 0 Å². The average molecular weight is 340 g/mol. The van der Waals surface area contributed by atoms with Crippen LogP contribution in [0.25, 0.3) is 0 Å². The second-order valence-corrected chi connectivity index (χ2v) is 7.05. The first kappa shape index (κ1) is 17.7. The number of carbonyl (C=O) groups is 2. The summed E-state index contributed by atoms with van der Waals surface area (Å²) >= 11 is 1.11. The van der Waals surface area contributed by atoms with Crippen molar-refractivity contribution in [1.29, 1.82) is 0 Å². The van der Waals surface area contributed by atoms with Gasteiger partial charge in [-0.1, -0.05) is 18.3 Å². The number of aromatic nitrogens is 1. The number of ether oxygens (including phenoxy) is 1. The van der Waals surface area contributed by atoms with E-state index in [-0.39, 0.29) is 36.4 Å². The molecule has 1 saturated carbocycles. The van der Waals surface area contributed by atoms with Crippen molar-refractivity contribution in [3.05, 3.63) is 20.7 Å². The van der Waals surface area contributed by atoms with Crippen molar-refractivity contribution in [2.24, 2.45) is 5.92 Å². The Balaban J connectivity index is 1.66. The van der Waals surface area contributed by atoms with Crippen LogP contribution in [0.2, 0.25) is 0 Å². The first-order valence-corrected chi connectivity index (χ1v) is 8.93. The molecule has 1 aliphatic rings. The number of nitrogens with zero attached hydrogens (tertiary/aromatic N) is 1. The highest BCUT2D eigenvalue weighted by Gasteiger charge is 2.20. The lowest BCUT2D eigenvalue weighted by Crippen LogP contribution is -2.39. The van der Waals surface area contributed by atoms with Crippen LogP contribution in [0.1, 0.15) is 44.7 Å². The minimum Gasteiger partial charge on any atom is -0.456 e. The van der Waals surface area contributed by atoms with E-state index in [2.05, 4.69) is 12.2 Å². The number of aryl methyl sites for hydroxylation is 1. The molecule has 1 aromatic rings. The van der Waals surface area contributed by atoms with Crippen molar-refractivity contribution in [3.8, 4) is 0 Å². The summed E-state index contributed by atoms with van der Waals surface area (Å²) in [6.45, 7) is 4.08. The summed E-state index contributed by atoms with van der Waals surface area (Å²) < 4.78 is 6.52. The van der Waals surface area contributed by atoms with E-state index in [1.54, 1.807) is 5.38 Å². The van der Waals surface area contributed by atoms with Gasteiger partial charge in [-0.3, -0.25) is 14.4 Å². The monoisotopic (exact) mass is 340 g/mol. The Hall–Kier alpha value is -1.63. The van der Waals surface area contributed by atoms with Gasteiger partial charge in [-0.2, -0.15) is 0 Å². The van der Waals surface area contributed by atoms with Crippen LogP contribution >= 0.6 is 11.3 Å². The number of hydrogen-bond acceptors (Lipinski definition) is 5. The molecule has 1 heterocycles. The summed E-state index contributed by atoms with van der Waals surface area (Å²) in [7, 11) is 0. The number of hydrogen-bond donors (Lipinski definition) is 1. The fraction of sp³-hybridized carbons (Fsp3) is 0.688. The van der Waals surface area contributed by atoms with Crippen LogP contribution in [0.4, 0.5) is 0 Å². The fourth-order valence-corrected chi connectivity index (χ4v) is 3.53. The van der Waals surface area contributed by atoms with Gasteiger partial charge in [0, 0.05) is 23.7 Å². The zero-order valence-electron chi connectivity index (χ0n) is 13.7. The SMILES string of the molecule is Cc1csc(=O)n1CCC(=O)OCC(=O)NC1CCC(C)CC1. The molecule has 2 rings (SSSR count). The molecule has 0 aromatic carbocycles. The molecule has 7 heteroatoms. The molecule has 6 nitrogen and oxygen atoms in total. The van der Waals surface area contributed by atoms with Gasteiger partial charge < -0.3 is 14.6 Å². The molecule has 23 heavy (non-hydrogen) atoms. The van der Waals surface area contributed by atoms with Crippen molar-refractivity contribution in [2.75, 3.05) is 6.61 Å². The molecule has 1 amide bonds. The van der Waals surface area contributed by atoms with E-state index >= 15 is 0 Å². The molecule has 1 aromatic heterocycles. The maximum Gasteiger partial charge on any atom is 0.308 e. The summed E-state index contributed by atoms with van der Waals surface area (Å²) in [5, 5.41) is 4.67. The summed E-state index contributed by atoms with van der Waals surface area (Å²) in [4.78, 5) is 34.9. The molecule has 1 N–H and O–H groups in total. The van der Waals surface area contributed by atoms with Crippen LogP contribution in [0.3, 0.4) is 0 Å². The van der Waals surface area contributed by atoms with Crippen molar-refractivity contribution >= 4 is 23.2 Å². The van der Waals surface area contributed by atoms with Gasteiger partial charge in [0.25, 0.3) is 5.91 Å². The van der Waals surface area contributed by atoms with Crippen molar-refractivity contribution in [3.63, 3.8) is 0 Å². The van der Waals surface area contributed by atoms with Crippen LogP contribution in [0.5, 0.6) is 0 Å². The highest BCUT2D eigenvalue weighted by molar-refractivity contribution is 7.07. The van der Waals surface area contributed by atoms with Gasteiger partial charge in [-0.25, -0.2) is 0 Å². The second kappa shape index (κ2) is 8.29. The molecule has 1 aliphatic carbocycles. The van der Waals surface area contributed by atoms with Gasteiger partial charge in [0.05, 0.1) is 6.42 Å². The molecule has 0 saturated heterocycles. The summed E-state index contributed by atoms with van der Waals surface area (Å²) in [6, 6.07) is 0.199. The third kappa shape index (κ3) is 5.49. The van der Waals surface area contributed by atoms with Gasteiger partial charge in [0.2, 0.25) is 0 Å². The Labute approximate surface area is 139 Å². The van der Waals surface area contributed by atoms with Crippen LogP contribution in [0.15, 0.2) is 10.2 Å². The first-order valence-electron chi connectivity index (χ1n) is 8.05. The predicted molar refractivity (Wildman–Crippen MR) is 88.5 cm³/mol. The van der Waals surface area contributed by atoms with E-state index in [4.69, 9.17) is 4.74 Å². The maximum atomic E-state index is 11.8. The second-order valence-electron chi connectivity index (χ2n) is 6.23. The summed E-state index contributed by atoms with van der Waals surface area (Å²) in [6.07, 6.45) is 4.31. The summed E-state index contributed by atoms with van der Waals surface area (Å²) in [5.41, 5.74) is 0.831. The fourth-order valence-electron chi connectivity index (χ4n) is 2.77. The number of carbonyl (C=O) groups excluding carboxylic acids is 2. The minimum absolute atomic E-state index is 0.0837. The molecule has 1 fully saturated rings. The standard InChI is InChI=1S/C16H24N2O4S/c1-11-3-5-13(6-4-11)17-14(19)9-22-15(20)7-8-18-12(2)10-23-16(18)21/h10-11,13H,3-9H2,1-2H3,(H,17,19). The summed E-state index contributed by atoms with van der Waals surface area (Å²) in [5.74, 6) is 0.0154. The van der Waals surface area contributed by atoms with E-state index < -0.39 is 5.97 Å². The lowest BCUT2D eigenvalue weighted by atomic mass is 9.87. The third-order valence-corrected chi connectivity index (χ3v) is 5.14. The topological polar surface area (TPSA) is 77.4 Å². The van der Waals surface area contributed by atoms with Gasteiger partial charge in [0.15, 0.2) is 6.61 Å². The molecular weight excluding hydrogens is 316 g/mol. The molecule has 0 unspecified atom stereocenters. The number of rotatable bonds is 6. The van der Waals surface area contributed by atoms with Crippen LogP contribution in [0, 0.1) is 12.8 Å². The zero-order chi connectivity index (χ0) is 16.8. The number of amides is 1. The zero-order valence-corrected chi connectivity index (χ0v) is 14.5. The lowest BCUT2D eigenvalue weighted by Gasteiger charge is -2.26.